The van der Waals surface area contributed by atoms with E-state index in [0.29, 0.717) is 13.1 Å². The minimum absolute atomic E-state index is 0.00275. The van der Waals surface area contributed by atoms with Gasteiger partial charge in [0.2, 0.25) is 5.78 Å². The molecular formula is C51H58F3N3O8Si. The standard InChI is InChI=1S/C51H58F3N3O8Si/c1-8-22-57(23-9-2)42-37-27-34-26-36-40(38(61-30-32-18-12-10-13-19-32)28-35(29-56-24-16-17-25-56)44(36)63-51(52,53)54)43(58)39(34)46(59)50(37,65-66(6,7)49(3,4)5)47(60)41-45(42)64-55-48(41)62-31-33-20-14-11-15-21-33/h8-15,18-21,28,34,37,42,59H,1-2,16-17,22-27,29-31H2,3-7H3/t34-,37-,42-,50-/m0/s1. The molecule has 3 aliphatic carbocycles. The fraction of sp³-hybridized carbons (Fsp3) is 0.431. The third-order valence-electron chi connectivity index (χ3n) is 13.9. The van der Waals surface area contributed by atoms with Gasteiger partial charge in [0.1, 0.15) is 36.0 Å². The van der Waals surface area contributed by atoms with Crippen molar-refractivity contribution in [1.29, 1.82) is 0 Å². The maximum atomic E-state index is 15.9. The number of hydrogen-bond acceptors (Lipinski definition) is 11. The summed E-state index contributed by atoms with van der Waals surface area (Å²) in [6.45, 7) is 20.1. The molecule has 350 valence electrons. The van der Waals surface area contributed by atoms with Crippen molar-refractivity contribution in [3.8, 4) is 17.4 Å². The number of benzene rings is 3. The van der Waals surface area contributed by atoms with E-state index in [1.807, 2.05) is 99.4 Å². The van der Waals surface area contributed by atoms with Crippen molar-refractivity contribution in [3.63, 3.8) is 0 Å². The first kappa shape index (κ1) is 47.0. The number of carbonyl (C=O) groups excluding carboxylic acids is 2. The first-order valence-electron chi connectivity index (χ1n) is 22.6. The normalized spacial score (nSPS) is 22.1. The molecule has 0 amide bonds. The predicted molar refractivity (Wildman–Crippen MR) is 245 cm³/mol. The molecule has 4 atom stereocenters. The van der Waals surface area contributed by atoms with Crippen LogP contribution in [0.1, 0.15) is 94.8 Å². The van der Waals surface area contributed by atoms with Crippen LogP contribution in [0.3, 0.4) is 0 Å². The Morgan fingerprint density at radius 3 is 2.12 bits per heavy atom. The van der Waals surface area contributed by atoms with Gasteiger partial charge >= 0.3 is 6.36 Å². The number of halogens is 3. The van der Waals surface area contributed by atoms with Crippen LogP contribution in [0, 0.1) is 11.8 Å². The quantitative estimate of drug-likeness (QED) is 0.0853. The smallest absolute Gasteiger partial charge is 0.508 e. The SMILES string of the molecule is C=CCN(CC=C)[C@@H]1c2onc(OCc3ccccc3)c2C(=O)[C@@]2(O[Si](C)(C)C(C)(C)C)C(O)=C3C(=O)c4c(OCc5ccccc5)cc(CN5CCCC5)c(OC(F)(F)F)c4C[C@H]3C[C@@H]12. The van der Waals surface area contributed by atoms with Crippen molar-refractivity contribution in [3.05, 3.63) is 143 Å². The molecule has 2 heterocycles. The summed E-state index contributed by atoms with van der Waals surface area (Å²) in [4.78, 5) is 35.6. The third kappa shape index (κ3) is 8.78. The second-order valence-electron chi connectivity index (χ2n) is 19.3. The molecule has 3 aromatic carbocycles. The third-order valence-corrected chi connectivity index (χ3v) is 18.4. The van der Waals surface area contributed by atoms with Crippen LogP contribution in [0.25, 0.3) is 0 Å². The zero-order chi connectivity index (χ0) is 47.2. The van der Waals surface area contributed by atoms with Crippen LogP contribution in [-0.2, 0) is 30.6 Å². The minimum atomic E-state index is -5.10. The van der Waals surface area contributed by atoms with Crippen molar-refractivity contribution < 1.29 is 51.0 Å². The number of alkyl halides is 3. The lowest BCUT2D eigenvalue weighted by molar-refractivity contribution is -0.275. The molecular weight excluding hydrogens is 868 g/mol. The van der Waals surface area contributed by atoms with Gasteiger partial charge in [-0.05, 0) is 85.2 Å². The number of likely N-dealkylation sites (tertiary alicyclic amines) is 1. The maximum absolute atomic E-state index is 15.9. The van der Waals surface area contributed by atoms with Crippen LogP contribution in [0.2, 0.25) is 18.1 Å². The average Bonchev–Trinajstić information content (AvgIpc) is 3.94. The number of fused-ring (bicyclic) bond motifs is 4. The van der Waals surface area contributed by atoms with Crippen LogP contribution in [-0.4, -0.2) is 78.1 Å². The molecule has 1 aromatic heterocycles. The van der Waals surface area contributed by atoms with Crippen LogP contribution in [0.5, 0.6) is 17.4 Å². The lowest BCUT2D eigenvalue weighted by atomic mass is 9.58. The summed E-state index contributed by atoms with van der Waals surface area (Å²) >= 11 is 0. The molecule has 0 saturated carbocycles. The number of aliphatic hydroxyl groups is 1. The van der Waals surface area contributed by atoms with E-state index in [9.17, 15) is 18.3 Å². The fourth-order valence-corrected chi connectivity index (χ4v) is 11.4. The predicted octanol–water partition coefficient (Wildman–Crippen LogP) is 10.9. The minimum Gasteiger partial charge on any atom is -0.508 e. The summed E-state index contributed by atoms with van der Waals surface area (Å²) in [5, 5.41) is 17.1. The zero-order valence-corrected chi connectivity index (χ0v) is 39.2. The van der Waals surface area contributed by atoms with E-state index < -0.39 is 66.3 Å². The summed E-state index contributed by atoms with van der Waals surface area (Å²) in [5.41, 5.74) is -0.669. The molecule has 8 rings (SSSR count). The second kappa shape index (κ2) is 18.3. The molecule has 4 aromatic rings. The van der Waals surface area contributed by atoms with E-state index in [1.165, 1.54) is 6.07 Å². The van der Waals surface area contributed by atoms with Crippen LogP contribution >= 0.6 is 0 Å². The topological polar surface area (TPSA) is 124 Å². The van der Waals surface area contributed by atoms with Gasteiger partial charge in [0.15, 0.2) is 25.5 Å². The molecule has 1 fully saturated rings. The Morgan fingerprint density at radius 1 is 0.939 bits per heavy atom. The highest BCUT2D eigenvalue weighted by atomic mass is 28.4. The van der Waals surface area contributed by atoms with Gasteiger partial charge in [-0.2, -0.15) is 0 Å². The van der Waals surface area contributed by atoms with Gasteiger partial charge in [0.25, 0.3) is 5.88 Å². The molecule has 0 unspecified atom stereocenters. The van der Waals surface area contributed by atoms with Crippen LogP contribution in [0.4, 0.5) is 13.2 Å². The molecule has 11 nitrogen and oxygen atoms in total. The van der Waals surface area contributed by atoms with E-state index >= 15 is 9.59 Å². The van der Waals surface area contributed by atoms with Gasteiger partial charge in [0, 0.05) is 42.3 Å². The maximum Gasteiger partial charge on any atom is 0.573 e. The van der Waals surface area contributed by atoms with Crippen LogP contribution in [0.15, 0.2) is 108 Å². The van der Waals surface area contributed by atoms with Crippen molar-refractivity contribution >= 4 is 19.9 Å². The summed E-state index contributed by atoms with van der Waals surface area (Å²) in [5.74, 6) is -4.23. The Kier molecular flexibility index (Phi) is 13.0. The fourth-order valence-electron chi connectivity index (χ4n) is 9.90. The van der Waals surface area contributed by atoms with E-state index in [-0.39, 0.29) is 90.9 Å². The van der Waals surface area contributed by atoms with Gasteiger partial charge in [-0.15, -0.1) is 26.3 Å². The Labute approximate surface area is 385 Å². The lowest BCUT2D eigenvalue weighted by Crippen LogP contribution is -2.65. The first-order chi connectivity index (χ1) is 31.4. The summed E-state index contributed by atoms with van der Waals surface area (Å²) in [6.07, 6.45) is -0.0384. The largest absolute Gasteiger partial charge is 0.573 e. The highest BCUT2D eigenvalue weighted by Gasteiger charge is 2.68. The Hall–Kier alpha value is -5.48. The van der Waals surface area contributed by atoms with E-state index in [0.717, 1.165) is 24.0 Å². The number of hydrogen-bond donors (Lipinski definition) is 1. The molecule has 1 saturated heterocycles. The molecule has 1 aliphatic heterocycles. The molecule has 66 heavy (non-hydrogen) atoms. The number of Topliss-reactive ketones (excluding diaryl/α,β-unsaturated/α-hetero) is 2. The Bertz CT molecular complexity index is 2500. The number of ether oxygens (including phenoxy) is 3. The lowest BCUT2D eigenvalue weighted by Gasteiger charge is -2.55. The zero-order valence-electron chi connectivity index (χ0n) is 38.2. The van der Waals surface area contributed by atoms with Gasteiger partial charge in [0.05, 0.1) is 11.6 Å². The van der Waals surface area contributed by atoms with E-state index in [1.54, 1.807) is 12.2 Å². The van der Waals surface area contributed by atoms with E-state index in [4.69, 9.17) is 23.2 Å². The summed E-state index contributed by atoms with van der Waals surface area (Å²) in [6, 6.07) is 19.2. The number of ketones is 2. The molecule has 0 radical (unpaired) electrons. The number of rotatable bonds is 16. The highest BCUT2D eigenvalue weighted by Crippen LogP contribution is 2.61. The van der Waals surface area contributed by atoms with Gasteiger partial charge in [-0.1, -0.05) is 93.6 Å². The van der Waals surface area contributed by atoms with Crippen molar-refractivity contribution in [2.45, 2.75) is 102 Å². The monoisotopic (exact) mass is 925 g/mol. The molecule has 1 N–H and O–H groups in total. The molecule has 0 bridgehead atoms. The Morgan fingerprint density at radius 2 is 1.55 bits per heavy atom. The molecule has 4 aliphatic rings. The van der Waals surface area contributed by atoms with Gasteiger partial charge < -0.3 is 28.3 Å². The second-order valence-corrected chi connectivity index (χ2v) is 24.0. The van der Waals surface area contributed by atoms with Crippen molar-refractivity contribution in [2.24, 2.45) is 11.8 Å². The number of carbonyl (C=O) groups is 2. The van der Waals surface area contributed by atoms with Gasteiger partial charge in [-0.25, -0.2) is 0 Å². The average molecular weight is 926 g/mol. The summed E-state index contributed by atoms with van der Waals surface area (Å²) < 4.78 is 74.9. The van der Waals surface area contributed by atoms with Crippen molar-refractivity contribution in [2.75, 3.05) is 26.2 Å². The number of nitrogens with zero attached hydrogens (tertiary/aromatic N) is 3. The summed E-state index contributed by atoms with van der Waals surface area (Å²) in [7, 11) is -3.11. The van der Waals surface area contributed by atoms with Gasteiger partial charge in [-0.3, -0.25) is 19.4 Å². The van der Waals surface area contributed by atoms with Crippen LogP contribution < -0.4 is 14.2 Å². The number of aliphatic hydroxyl groups excluding tert-OH is 1. The Balaban J connectivity index is 1.37. The molecule has 15 heteroatoms. The number of allylic oxidation sites excluding steroid dienone is 1. The first-order valence-corrected chi connectivity index (χ1v) is 25.5. The number of aromatic nitrogens is 1. The highest BCUT2D eigenvalue weighted by molar-refractivity contribution is 6.74. The molecule has 0 spiro atoms. The van der Waals surface area contributed by atoms with E-state index in [2.05, 4.69) is 23.2 Å². The van der Waals surface area contributed by atoms with Crippen molar-refractivity contribution in [1.82, 2.24) is 15.0 Å².